The van der Waals surface area contributed by atoms with Gasteiger partial charge in [0.25, 0.3) is 0 Å². The third kappa shape index (κ3) is 3.52. The summed E-state index contributed by atoms with van der Waals surface area (Å²) in [6, 6.07) is 9.86. The summed E-state index contributed by atoms with van der Waals surface area (Å²) in [5.41, 5.74) is 0. The number of halogens is 3. The summed E-state index contributed by atoms with van der Waals surface area (Å²) in [6.45, 7) is 0. The van der Waals surface area contributed by atoms with Gasteiger partial charge in [0.2, 0.25) is 0 Å². The van der Waals surface area contributed by atoms with Crippen LogP contribution < -0.4 is 4.16 Å². The number of hydrogen-bond acceptors (Lipinski definition) is 0. The molecule has 0 spiro atoms. The van der Waals surface area contributed by atoms with Crippen molar-refractivity contribution in [3.05, 3.63) is 30.3 Å². The molecule has 0 atom stereocenters. The zero-order valence-corrected chi connectivity index (χ0v) is 12.1. The minimum atomic E-state index is -2.18. The SMILES string of the molecule is I.[Cl][Zn]([Cl])[c]1ccccc1. The van der Waals surface area contributed by atoms with Crippen LogP contribution in [-0.2, 0) is 14.0 Å². The molecule has 0 saturated carbocycles. The molecule has 1 rings (SSSR count). The first-order valence-electron chi connectivity index (χ1n) is 2.80. The first-order chi connectivity index (χ1) is 4.30. The van der Waals surface area contributed by atoms with Gasteiger partial charge in [0.15, 0.2) is 0 Å². The Balaban J connectivity index is 0.000000810. The second-order valence-electron chi connectivity index (χ2n) is 1.85. The van der Waals surface area contributed by atoms with E-state index in [0.29, 0.717) is 0 Å². The van der Waals surface area contributed by atoms with E-state index in [0.717, 1.165) is 4.16 Å². The van der Waals surface area contributed by atoms with Crippen LogP contribution >= 0.6 is 43.4 Å². The van der Waals surface area contributed by atoms with Gasteiger partial charge in [-0.3, -0.25) is 0 Å². The molecule has 0 bridgehead atoms. The molecule has 0 aliphatic heterocycles. The fourth-order valence-electron chi connectivity index (χ4n) is 0.656. The van der Waals surface area contributed by atoms with Gasteiger partial charge in [0.05, 0.1) is 0 Å². The summed E-state index contributed by atoms with van der Waals surface area (Å²) >= 11 is -2.18. The summed E-state index contributed by atoms with van der Waals surface area (Å²) < 4.78 is 1.15. The Labute approximate surface area is 90.9 Å². The molecule has 1 aromatic carbocycles. The van der Waals surface area contributed by atoms with Crippen molar-refractivity contribution in [2.75, 3.05) is 0 Å². The first-order valence-corrected chi connectivity index (χ1v) is 12.1. The van der Waals surface area contributed by atoms with Crippen molar-refractivity contribution in [2.45, 2.75) is 0 Å². The third-order valence-corrected chi connectivity index (χ3v) is 6.64. The van der Waals surface area contributed by atoms with Gasteiger partial charge in [-0.1, -0.05) is 0 Å². The minimum absolute atomic E-state index is 0. The molecule has 0 fully saturated rings. The average Bonchev–Trinajstić information content (AvgIpc) is 1.90. The number of rotatable bonds is 1. The second-order valence-corrected chi connectivity index (χ2v) is 12.1. The van der Waals surface area contributed by atoms with Gasteiger partial charge in [0.1, 0.15) is 0 Å². The number of benzene rings is 1. The molecular weight excluding hydrogens is 335 g/mol. The van der Waals surface area contributed by atoms with Gasteiger partial charge < -0.3 is 0 Å². The van der Waals surface area contributed by atoms with Crippen molar-refractivity contribution in [1.29, 1.82) is 0 Å². The predicted octanol–water partition coefficient (Wildman–Crippen LogP) is 2.86. The summed E-state index contributed by atoms with van der Waals surface area (Å²) in [5, 5.41) is 0. The standard InChI is InChI=1S/C6H5.2ClH.HI.Zn/c1-2-4-6-5-3-1;;;;/h1-5H;3*1H;/q;;;;+2/p-2. The monoisotopic (exact) mass is 339 g/mol. The molecular formula is C6H6Cl2IZn. The molecule has 1 aromatic rings. The topological polar surface area (TPSA) is 0 Å². The van der Waals surface area contributed by atoms with Crippen molar-refractivity contribution >= 4 is 47.5 Å². The molecule has 0 amide bonds. The maximum absolute atomic E-state index is 5.78. The molecule has 4 heteroatoms. The van der Waals surface area contributed by atoms with Crippen LogP contribution in [0.2, 0.25) is 0 Å². The molecule has 0 radical (unpaired) electrons. The summed E-state index contributed by atoms with van der Waals surface area (Å²) in [5.74, 6) is 0. The van der Waals surface area contributed by atoms with E-state index in [1.807, 2.05) is 30.3 Å². The van der Waals surface area contributed by atoms with E-state index < -0.39 is 14.0 Å². The second kappa shape index (κ2) is 5.76. The van der Waals surface area contributed by atoms with Crippen molar-refractivity contribution in [2.24, 2.45) is 0 Å². The van der Waals surface area contributed by atoms with Crippen LogP contribution in [0.5, 0.6) is 0 Å². The van der Waals surface area contributed by atoms with E-state index in [4.69, 9.17) is 19.4 Å². The quantitative estimate of drug-likeness (QED) is 0.544. The van der Waals surface area contributed by atoms with Gasteiger partial charge in [-0.05, 0) is 0 Å². The van der Waals surface area contributed by atoms with E-state index in [-0.39, 0.29) is 24.0 Å². The average molecular weight is 341 g/mol. The molecule has 0 aromatic heterocycles. The van der Waals surface area contributed by atoms with Crippen LogP contribution in [-0.4, -0.2) is 0 Å². The van der Waals surface area contributed by atoms with E-state index >= 15 is 0 Å². The summed E-state index contributed by atoms with van der Waals surface area (Å²) in [6.07, 6.45) is 0. The van der Waals surface area contributed by atoms with Crippen LogP contribution in [0.15, 0.2) is 30.3 Å². The Bertz CT molecular complexity index is 178. The molecule has 53 valence electrons. The van der Waals surface area contributed by atoms with E-state index in [1.54, 1.807) is 0 Å². The molecule has 0 saturated heterocycles. The van der Waals surface area contributed by atoms with Crippen molar-refractivity contribution < 1.29 is 14.0 Å². The van der Waals surface area contributed by atoms with Crippen LogP contribution in [0.4, 0.5) is 0 Å². The van der Waals surface area contributed by atoms with Gasteiger partial charge >= 0.3 is 67.8 Å². The van der Waals surface area contributed by atoms with Crippen LogP contribution in [0.1, 0.15) is 0 Å². The fraction of sp³-hybridized carbons (Fsp3) is 0. The molecule has 10 heavy (non-hydrogen) atoms. The summed E-state index contributed by atoms with van der Waals surface area (Å²) in [4.78, 5) is 0. The van der Waals surface area contributed by atoms with E-state index in [2.05, 4.69) is 0 Å². The van der Waals surface area contributed by atoms with Gasteiger partial charge in [-0.15, -0.1) is 24.0 Å². The third-order valence-electron chi connectivity index (χ3n) is 1.15. The predicted molar refractivity (Wildman–Crippen MR) is 53.2 cm³/mol. The van der Waals surface area contributed by atoms with E-state index in [9.17, 15) is 0 Å². The molecule has 0 N–H and O–H groups in total. The van der Waals surface area contributed by atoms with Crippen LogP contribution in [0.3, 0.4) is 0 Å². The first kappa shape index (κ1) is 11.2. The van der Waals surface area contributed by atoms with Gasteiger partial charge in [-0.25, -0.2) is 0 Å². The Morgan fingerprint density at radius 1 is 1.00 bits per heavy atom. The molecule has 0 aliphatic carbocycles. The molecule has 0 heterocycles. The maximum atomic E-state index is 5.78. The Morgan fingerprint density at radius 2 is 1.50 bits per heavy atom. The zero-order valence-electron chi connectivity index (χ0n) is 5.26. The van der Waals surface area contributed by atoms with Gasteiger partial charge in [-0.2, -0.15) is 0 Å². The molecule has 0 aliphatic rings. The van der Waals surface area contributed by atoms with Gasteiger partial charge in [0, 0.05) is 0 Å². The van der Waals surface area contributed by atoms with E-state index in [1.165, 1.54) is 0 Å². The Kier molecular flexibility index (Phi) is 6.42. The van der Waals surface area contributed by atoms with Crippen LogP contribution in [0.25, 0.3) is 0 Å². The molecule has 0 nitrogen and oxygen atoms in total. The zero-order chi connectivity index (χ0) is 6.69. The summed E-state index contributed by atoms with van der Waals surface area (Å²) in [7, 11) is 11.6. The molecule has 0 unspecified atom stereocenters. The fourth-order valence-corrected chi connectivity index (χ4v) is 3.83. The normalized spacial score (nSPS) is 8.20. The van der Waals surface area contributed by atoms with Crippen molar-refractivity contribution in [1.82, 2.24) is 0 Å². The number of hydrogen-bond donors (Lipinski definition) is 0. The Morgan fingerprint density at radius 3 is 1.80 bits per heavy atom. The van der Waals surface area contributed by atoms with Crippen molar-refractivity contribution in [3.63, 3.8) is 0 Å². The Hall–Kier alpha value is 1.15. The van der Waals surface area contributed by atoms with Crippen LogP contribution in [0, 0.1) is 0 Å². The van der Waals surface area contributed by atoms with Crippen molar-refractivity contribution in [3.8, 4) is 0 Å².